The second-order valence-corrected chi connectivity index (χ2v) is 7.16. The molecular weight excluding hydrogens is 362 g/mol. The Labute approximate surface area is 159 Å². The minimum Gasteiger partial charge on any atom is -0.497 e. The van der Waals surface area contributed by atoms with Gasteiger partial charge < -0.3 is 10.1 Å². The van der Waals surface area contributed by atoms with Gasteiger partial charge in [0.2, 0.25) is 5.91 Å². The summed E-state index contributed by atoms with van der Waals surface area (Å²) in [5, 5.41) is 3.75. The molecular formula is C20H17N3O3S. The number of aryl methyl sites for hydroxylation is 1. The van der Waals surface area contributed by atoms with Crippen molar-refractivity contribution in [2.45, 2.75) is 13.5 Å². The van der Waals surface area contributed by atoms with Crippen molar-refractivity contribution in [3.05, 3.63) is 64.7 Å². The molecule has 1 amide bonds. The molecule has 1 N–H and O–H groups in total. The predicted molar refractivity (Wildman–Crippen MR) is 108 cm³/mol. The van der Waals surface area contributed by atoms with E-state index in [9.17, 15) is 9.59 Å². The van der Waals surface area contributed by atoms with Gasteiger partial charge in [0.25, 0.3) is 5.56 Å². The smallest absolute Gasteiger partial charge is 0.272 e. The van der Waals surface area contributed by atoms with Gasteiger partial charge in [0.15, 0.2) is 0 Å². The van der Waals surface area contributed by atoms with Crippen LogP contribution in [0.2, 0.25) is 0 Å². The molecule has 4 aromatic rings. The maximum atomic E-state index is 12.9. The van der Waals surface area contributed by atoms with Crippen molar-refractivity contribution in [1.29, 1.82) is 0 Å². The van der Waals surface area contributed by atoms with Gasteiger partial charge in [-0.05, 0) is 25.1 Å². The van der Waals surface area contributed by atoms with E-state index in [0.717, 1.165) is 10.1 Å². The van der Waals surface area contributed by atoms with E-state index in [1.165, 1.54) is 15.9 Å². The molecule has 0 bridgehead atoms. The van der Waals surface area contributed by atoms with Gasteiger partial charge in [-0.2, -0.15) is 0 Å². The predicted octanol–water partition coefficient (Wildman–Crippen LogP) is 3.57. The van der Waals surface area contributed by atoms with Crippen LogP contribution in [0.4, 0.5) is 5.69 Å². The first-order chi connectivity index (χ1) is 13.1. The summed E-state index contributed by atoms with van der Waals surface area (Å²) in [4.78, 5) is 30.0. The van der Waals surface area contributed by atoms with Gasteiger partial charge in [-0.15, -0.1) is 11.3 Å². The SMILES string of the molecule is COc1cccc(NC(=O)Cn2c(C)nc3c(sc4ccccc43)c2=O)c1. The number of benzene rings is 2. The summed E-state index contributed by atoms with van der Waals surface area (Å²) in [6.07, 6.45) is 0. The van der Waals surface area contributed by atoms with E-state index in [0.29, 0.717) is 27.5 Å². The van der Waals surface area contributed by atoms with Crippen LogP contribution in [0.5, 0.6) is 5.75 Å². The highest BCUT2D eigenvalue weighted by Crippen LogP contribution is 2.30. The number of fused-ring (bicyclic) bond motifs is 3. The van der Waals surface area contributed by atoms with Crippen LogP contribution in [-0.2, 0) is 11.3 Å². The molecule has 0 aliphatic heterocycles. The topological polar surface area (TPSA) is 73.2 Å². The van der Waals surface area contributed by atoms with E-state index >= 15 is 0 Å². The zero-order valence-corrected chi connectivity index (χ0v) is 15.7. The monoisotopic (exact) mass is 379 g/mol. The number of methoxy groups -OCH3 is 1. The number of nitrogens with zero attached hydrogens (tertiary/aromatic N) is 2. The van der Waals surface area contributed by atoms with Crippen LogP contribution < -0.4 is 15.6 Å². The minimum atomic E-state index is -0.296. The summed E-state index contributed by atoms with van der Waals surface area (Å²) in [6.45, 7) is 1.64. The van der Waals surface area contributed by atoms with E-state index in [-0.39, 0.29) is 18.0 Å². The average Bonchev–Trinajstić information content (AvgIpc) is 3.04. The molecule has 27 heavy (non-hydrogen) atoms. The van der Waals surface area contributed by atoms with Crippen molar-refractivity contribution in [3.8, 4) is 5.75 Å². The van der Waals surface area contributed by atoms with Crippen molar-refractivity contribution >= 4 is 43.2 Å². The normalized spacial score (nSPS) is 11.0. The second-order valence-electron chi connectivity index (χ2n) is 6.11. The van der Waals surface area contributed by atoms with Crippen LogP contribution in [0.1, 0.15) is 5.82 Å². The number of carbonyl (C=O) groups excluding carboxylic acids is 1. The molecule has 0 aliphatic rings. The van der Waals surface area contributed by atoms with Crippen LogP contribution in [0.15, 0.2) is 53.3 Å². The minimum absolute atomic E-state index is 0.0982. The lowest BCUT2D eigenvalue weighted by Gasteiger charge is -2.10. The fraction of sp³-hybridized carbons (Fsp3) is 0.150. The number of aromatic nitrogens is 2. The number of ether oxygens (including phenoxy) is 1. The molecule has 0 saturated carbocycles. The maximum Gasteiger partial charge on any atom is 0.272 e. The number of nitrogens with one attached hydrogen (secondary N) is 1. The maximum absolute atomic E-state index is 12.9. The Balaban J connectivity index is 1.68. The highest BCUT2D eigenvalue weighted by molar-refractivity contribution is 7.25. The van der Waals surface area contributed by atoms with Gasteiger partial charge in [-0.3, -0.25) is 14.2 Å². The molecule has 0 aliphatic carbocycles. The molecule has 136 valence electrons. The number of carbonyl (C=O) groups is 1. The van der Waals surface area contributed by atoms with Crippen LogP contribution in [0.3, 0.4) is 0 Å². The number of thiophene rings is 1. The first-order valence-electron chi connectivity index (χ1n) is 8.39. The highest BCUT2D eigenvalue weighted by Gasteiger charge is 2.15. The van der Waals surface area contributed by atoms with Crippen LogP contribution in [0.25, 0.3) is 20.3 Å². The summed E-state index contributed by atoms with van der Waals surface area (Å²) in [5.74, 6) is 0.863. The third kappa shape index (κ3) is 3.17. The van der Waals surface area contributed by atoms with E-state index < -0.39 is 0 Å². The molecule has 2 aromatic heterocycles. The average molecular weight is 379 g/mol. The highest BCUT2D eigenvalue weighted by atomic mass is 32.1. The van der Waals surface area contributed by atoms with Gasteiger partial charge in [0.1, 0.15) is 22.8 Å². The number of hydrogen-bond acceptors (Lipinski definition) is 5. The van der Waals surface area contributed by atoms with Crippen molar-refractivity contribution in [3.63, 3.8) is 0 Å². The zero-order valence-electron chi connectivity index (χ0n) is 14.9. The molecule has 2 aromatic carbocycles. The fourth-order valence-electron chi connectivity index (χ4n) is 3.01. The van der Waals surface area contributed by atoms with Crippen molar-refractivity contribution in [2.75, 3.05) is 12.4 Å². The third-order valence-corrected chi connectivity index (χ3v) is 5.48. The summed E-state index contributed by atoms with van der Waals surface area (Å²) < 4.78 is 8.14. The largest absolute Gasteiger partial charge is 0.497 e. The van der Waals surface area contributed by atoms with E-state index in [4.69, 9.17) is 4.74 Å². The third-order valence-electron chi connectivity index (χ3n) is 4.33. The second kappa shape index (κ2) is 6.85. The summed E-state index contributed by atoms with van der Waals surface area (Å²) in [7, 11) is 1.57. The standard InChI is InChI=1S/C20H17N3O3S/c1-12-21-18-15-8-3-4-9-16(15)27-19(18)20(25)23(12)11-17(24)22-13-6-5-7-14(10-13)26-2/h3-10H,11H2,1-2H3,(H,22,24). The Morgan fingerprint density at radius 3 is 2.85 bits per heavy atom. The summed E-state index contributed by atoms with van der Waals surface area (Å²) in [5.41, 5.74) is 1.11. The molecule has 0 radical (unpaired) electrons. The first-order valence-corrected chi connectivity index (χ1v) is 9.21. The fourth-order valence-corrected chi connectivity index (χ4v) is 4.10. The lowest BCUT2D eigenvalue weighted by atomic mass is 10.2. The van der Waals surface area contributed by atoms with Crippen molar-refractivity contribution in [1.82, 2.24) is 9.55 Å². The quantitative estimate of drug-likeness (QED) is 0.588. The number of hydrogen-bond donors (Lipinski definition) is 1. The number of rotatable bonds is 4. The van der Waals surface area contributed by atoms with Gasteiger partial charge in [-0.1, -0.05) is 24.3 Å². The Morgan fingerprint density at radius 1 is 1.22 bits per heavy atom. The molecule has 0 saturated heterocycles. The van der Waals surface area contributed by atoms with Crippen molar-refractivity contribution in [2.24, 2.45) is 0 Å². The van der Waals surface area contributed by atoms with Crippen LogP contribution >= 0.6 is 11.3 Å². The Morgan fingerprint density at radius 2 is 2.04 bits per heavy atom. The first kappa shape index (κ1) is 17.2. The molecule has 4 rings (SSSR count). The Bertz CT molecular complexity index is 1230. The Kier molecular flexibility index (Phi) is 4.37. The molecule has 0 unspecified atom stereocenters. The molecule has 0 atom stereocenters. The van der Waals surface area contributed by atoms with Crippen LogP contribution in [0, 0.1) is 6.92 Å². The van der Waals surface area contributed by atoms with E-state index in [1.807, 2.05) is 24.3 Å². The Hall–Kier alpha value is -3.19. The van der Waals surface area contributed by atoms with E-state index in [1.54, 1.807) is 38.3 Å². The lowest BCUT2D eigenvalue weighted by molar-refractivity contribution is -0.116. The van der Waals surface area contributed by atoms with Crippen molar-refractivity contribution < 1.29 is 9.53 Å². The number of amides is 1. The van der Waals surface area contributed by atoms with Crippen LogP contribution in [-0.4, -0.2) is 22.6 Å². The zero-order chi connectivity index (χ0) is 19.0. The van der Waals surface area contributed by atoms with E-state index in [2.05, 4.69) is 10.3 Å². The molecule has 0 spiro atoms. The summed E-state index contributed by atoms with van der Waals surface area (Å²) in [6, 6.07) is 14.9. The molecule has 6 nitrogen and oxygen atoms in total. The van der Waals surface area contributed by atoms with Gasteiger partial charge in [0, 0.05) is 21.8 Å². The molecule has 7 heteroatoms. The summed E-state index contributed by atoms with van der Waals surface area (Å²) >= 11 is 1.40. The van der Waals surface area contributed by atoms with Gasteiger partial charge in [-0.25, -0.2) is 4.98 Å². The lowest BCUT2D eigenvalue weighted by Crippen LogP contribution is -2.29. The molecule has 2 heterocycles. The van der Waals surface area contributed by atoms with Gasteiger partial charge >= 0.3 is 0 Å². The molecule has 0 fully saturated rings. The number of anilines is 1. The van der Waals surface area contributed by atoms with Gasteiger partial charge in [0.05, 0.1) is 12.6 Å².